The molecular formula is C31H22F9NO. The summed E-state index contributed by atoms with van der Waals surface area (Å²) in [4.78, 5) is 13.5. The number of hydrogen-bond donors (Lipinski definition) is 1. The van der Waals surface area contributed by atoms with Gasteiger partial charge in [0.2, 0.25) is 0 Å². The van der Waals surface area contributed by atoms with Gasteiger partial charge in [0.25, 0.3) is 5.91 Å². The van der Waals surface area contributed by atoms with Gasteiger partial charge in [-0.1, -0.05) is 42.5 Å². The van der Waals surface area contributed by atoms with Gasteiger partial charge in [0.1, 0.15) is 17.5 Å². The molecule has 0 aliphatic heterocycles. The van der Waals surface area contributed by atoms with E-state index in [1.165, 1.54) is 19.1 Å². The summed E-state index contributed by atoms with van der Waals surface area (Å²) in [6.45, 7) is 1.37. The highest BCUT2D eigenvalue weighted by Gasteiger charge is 2.41. The highest BCUT2D eigenvalue weighted by Crippen LogP contribution is 2.40. The summed E-state index contributed by atoms with van der Waals surface area (Å²) in [5.41, 5.74) is -5.41. The van der Waals surface area contributed by atoms with E-state index >= 15 is 0 Å². The van der Waals surface area contributed by atoms with Crippen LogP contribution in [0.1, 0.15) is 50.2 Å². The Labute approximate surface area is 234 Å². The van der Waals surface area contributed by atoms with Crippen molar-refractivity contribution in [2.45, 2.75) is 37.7 Å². The quantitative estimate of drug-likeness (QED) is 0.213. The zero-order chi connectivity index (χ0) is 30.9. The summed E-state index contributed by atoms with van der Waals surface area (Å²) in [5.74, 6) is -4.82. The number of carbonyl (C=O) groups is 1. The van der Waals surface area contributed by atoms with Crippen LogP contribution in [0.15, 0.2) is 84.9 Å². The number of aryl methyl sites for hydroxylation is 2. The Hall–Kier alpha value is -4.28. The maximum absolute atomic E-state index is 14.8. The van der Waals surface area contributed by atoms with Crippen LogP contribution in [0, 0.1) is 24.4 Å². The molecule has 1 unspecified atom stereocenters. The minimum absolute atomic E-state index is 0.0411. The molecule has 0 bridgehead atoms. The van der Waals surface area contributed by atoms with E-state index in [0.29, 0.717) is 17.7 Å². The van der Waals surface area contributed by atoms with Crippen molar-refractivity contribution in [1.29, 1.82) is 0 Å². The molecule has 1 N–H and O–H groups in total. The highest BCUT2D eigenvalue weighted by molar-refractivity contribution is 5.95. The van der Waals surface area contributed by atoms with Crippen molar-refractivity contribution in [2.75, 3.05) is 0 Å². The molecule has 220 valence electrons. The van der Waals surface area contributed by atoms with Crippen molar-refractivity contribution in [3.63, 3.8) is 0 Å². The summed E-state index contributed by atoms with van der Waals surface area (Å²) in [6, 6.07) is 15.1. The van der Waals surface area contributed by atoms with Crippen LogP contribution >= 0.6 is 0 Å². The first-order valence-electron chi connectivity index (χ1n) is 12.5. The molecule has 1 atom stereocenters. The second kappa shape index (κ2) is 11.5. The molecule has 0 spiro atoms. The smallest absolute Gasteiger partial charge is 0.338 e. The average molecular weight is 596 g/mol. The molecule has 0 saturated carbocycles. The van der Waals surface area contributed by atoms with Crippen molar-refractivity contribution >= 4 is 5.91 Å². The fourth-order valence-electron chi connectivity index (χ4n) is 4.70. The van der Waals surface area contributed by atoms with Gasteiger partial charge < -0.3 is 5.32 Å². The largest absolute Gasteiger partial charge is 0.419 e. The summed E-state index contributed by atoms with van der Waals surface area (Å²) >= 11 is 0. The van der Waals surface area contributed by atoms with Gasteiger partial charge in [0, 0.05) is 5.56 Å². The Balaban J connectivity index is 1.96. The molecule has 11 heteroatoms. The van der Waals surface area contributed by atoms with Gasteiger partial charge in [-0.15, -0.1) is 0 Å². The molecule has 0 aromatic heterocycles. The Morgan fingerprint density at radius 1 is 0.690 bits per heavy atom. The van der Waals surface area contributed by atoms with Crippen molar-refractivity contribution in [2.24, 2.45) is 0 Å². The summed E-state index contributed by atoms with van der Waals surface area (Å²) in [6.07, 6.45) is -10.3. The number of alkyl halides is 6. The van der Waals surface area contributed by atoms with E-state index < -0.39 is 57.9 Å². The lowest BCUT2D eigenvalue weighted by Gasteiger charge is -2.37. The minimum atomic E-state index is -5.15. The van der Waals surface area contributed by atoms with Crippen LogP contribution in [-0.4, -0.2) is 5.91 Å². The summed E-state index contributed by atoms with van der Waals surface area (Å²) in [5, 5.41) is 2.52. The maximum Gasteiger partial charge on any atom is 0.419 e. The molecule has 0 saturated heterocycles. The van der Waals surface area contributed by atoms with Crippen LogP contribution in [0.5, 0.6) is 0 Å². The SMILES string of the molecule is Cc1cc(C(CCc2ccccc2)(NC(=O)c2ccc(F)c(C(F)(F)F)c2)c2cc(F)cc(C(F)(F)F)c2)ccc1F. The Bertz CT molecular complexity index is 1600. The van der Waals surface area contributed by atoms with E-state index in [0.717, 1.165) is 18.2 Å². The molecule has 2 nitrogen and oxygen atoms in total. The molecule has 0 fully saturated rings. The van der Waals surface area contributed by atoms with Crippen molar-refractivity contribution in [3.8, 4) is 0 Å². The molecule has 0 heterocycles. The third kappa shape index (κ3) is 6.61. The highest BCUT2D eigenvalue weighted by atomic mass is 19.4. The first-order valence-corrected chi connectivity index (χ1v) is 12.5. The second-order valence-electron chi connectivity index (χ2n) is 9.73. The Morgan fingerprint density at radius 2 is 1.33 bits per heavy atom. The van der Waals surface area contributed by atoms with Gasteiger partial charge in [0.15, 0.2) is 0 Å². The van der Waals surface area contributed by atoms with Crippen LogP contribution in [0.2, 0.25) is 0 Å². The van der Waals surface area contributed by atoms with Crippen LogP contribution in [0.4, 0.5) is 39.5 Å². The van der Waals surface area contributed by atoms with Crippen molar-refractivity contribution < 1.29 is 44.3 Å². The number of rotatable bonds is 7. The predicted molar refractivity (Wildman–Crippen MR) is 137 cm³/mol. The predicted octanol–water partition coefficient (Wildman–Crippen LogP) is 8.76. The topological polar surface area (TPSA) is 29.1 Å². The van der Waals surface area contributed by atoms with Crippen molar-refractivity contribution in [3.05, 3.63) is 141 Å². The van der Waals surface area contributed by atoms with E-state index in [1.54, 1.807) is 30.3 Å². The average Bonchev–Trinajstić information content (AvgIpc) is 2.92. The maximum atomic E-state index is 14.8. The second-order valence-corrected chi connectivity index (χ2v) is 9.73. The number of amides is 1. The monoisotopic (exact) mass is 595 g/mol. The molecule has 4 aromatic carbocycles. The van der Waals surface area contributed by atoms with Gasteiger partial charge in [-0.25, -0.2) is 13.2 Å². The van der Waals surface area contributed by atoms with Gasteiger partial charge in [0.05, 0.1) is 16.7 Å². The molecule has 1 amide bonds. The number of nitrogens with one attached hydrogen (secondary N) is 1. The molecule has 4 aromatic rings. The summed E-state index contributed by atoms with van der Waals surface area (Å²) in [7, 11) is 0. The molecule has 0 aliphatic rings. The fraction of sp³-hybridized carbons (Fsp3) is 0.194. The van der Waals surface area contributed by atoms with E-state index in [-0.39, 0.29) is 41.7 Å². The lowest BCUT2D eigenvalue weighted by atomic mass is 9.77. The number of benzene rings is 4. The van der Waals surface area contributed by atoms with Gasteiger partial charge in [-0.2, -0.15) is 26.3 Å². The number of halogens is 9. The lowest BCUT2D eigenvalue weighted by molar-refractivity contribution is -0.140. The van der Waals surface area contributed by atoms with Gasteiger partial charge in [-0.3, -0.25) is 4.79 Å². The van der Waals surface area contributed by atoms with Crippen LogP contribution in [-0.2, 0) is 24.3 Å². The van der Waals surface area contributed by atoms with E-state index in [4.69, 9.17) is 0 Å². The van der Waals surface area contributed by atoms with Crippen LogP contribution in [0.3, 0.4) is 0 Å². The van der Waals surface area contributed by atoms with Gasteiger partial charge >= 0.3 is 12.4 Å². The van der Waals surface area contributed by atoms with Crippen LogP contribution < -0.4 is 5.32 Å². The van der Waals surface area contributed by atoms with E-state index in [2.05, 4.69) is 5.32 Å². The lowest BCUT2D eigenvalue weighted by Crippen LogP contribution is -2.47. The molecule has 4 rings (SSSR count). The molecule has 42 heavy (non-hydrogen) atoms. The standard InChI is InChI=1S/C31H22F9NO/c1-18-13-21(8-10-26(18)33)29(12-11-19-5-3-2-4-6-19,22-15-23(30(35,36)37)17-24(32)16-22)41-28(42)20-7-9-27(34)25(14-20)31(38,39)40/h2-10,13-17H,11-12H2,1H3,(H,41,42). The third-order valence-corrected chi connectivity index (χ3v) is 6.86. The van der Waals surface area contributed by atoms with Gasteiger partial charge in [-0.05, 0) is 84.5 Å². The first kappa shape index (κ1) is 30.7. The fourth-order valence-corrected chi connectivity index (χ4v) is 4.70. The Kier molecular flexibility index (Phi) is 8.43. The number of hydrogen-bond acceptors (Lipinski definition) is 1. The minimum Gasteiger partial charge on any atom is -0.338 e. The molecular weight excluding hydrogens is 573 g/mol. The van der Waals surface area contributed by atoms with E-state index in [9.17, 15) is 44.3 Å². The normalized spacial score (nSPS) is 13.5. The molecule has 0 aliphatic carbocycles. The Morgan fingerprint density at radius 3 is 1.95 bits per heavy atom. The first-order chi connectivity index (χ1) is 19.6. The van der Waals surface area contributed by atoms with E-state index in [1.807, 2.05) is 0 Å². The molecule has 0 radical (unpaired) electrons. The number of carbonyl (C=O) groups excluding carboxylic acids is 1. The third-order valence-electron chi connectivity index (χ3n) is 6.86. The zero-order valence-corrected chi connectivity index (χ0v) is 21.8. The zero-order valence-electron chi connectivity index (χ0n) is 21.8. The summed E-state index contributed by atoms with van der Waals surface area (Å²) < 4.78 is 125. The van der Waals surface area contributed by atoms with Crippen LogP contribution in [0.25, 0.3) is 0 Å². The van der Waals surface area contributed by atoms with Crippen molar-refractivity contribution in [1.82, 2.24) is 5.32 Å².